The van der Waals surface area contributed by atoms with Crippen molar-refractivity contribution in [2.24, 2.45) is 0 Å². The van der Waals surface area contributed by atoms with Gasteiger partial charge in [0.05, 0.1) is 18.9 Å². The zero-order valence-electron chi connectivity index (χ0n) is 12.8. The highest BCUT2D eigenvalue weighted by Crippen LogP contribution is 2.01. The lowest BCUT2D eigenvalue weighted by Gasteiger charge is -1.96. The summed E-state index contributed by atoms with van der Waals surface area (Å²) < 4.78 is 9.42. The van der Waals surface area contributed by atoms with E-state index in [4.69, 9.17) is 9.47 Å². The van der Waals surface area contributed by atoms with Crippen LogP contribution in [0.5, 0.6) is 0 Å². The summed E-state index contributed by atoms with van der Waals surface area (Å²) in [5.41, 5.74) is 1.18. The molecule has 2 heterocycles. The first-order chi connectivity index (χ1) is 10.6. The van der Waals surface area contributed by atoms with Gasteiger partial charge in [0.1, 0.15) is 11.4 Å². The second-order valence-corrected chi connectivity index (χ2v) is 3.97. The molecule has 0 saturated carbocycles. The van der Waals surface area contributed by atoms with Gasteiger partial charge in [-0.25, -0.2) is 9.59 Å². The monoisotopic (exact) mass is 433 g/mol. The minimum Gasteiger partial charge on any atom is -1.00 e. The lowest BCUT2D eigenvalue weighted by molar-refractivity contribution is -0.0000460. The van der Waals surface area contributed by atoms with Crippen molar-refractivity contribution in [2.75, 3.05) is 13.2 Å². The summed E-state index contributed by atoms with van der Waals surface area (Å²) in [6.07, 6.45) is 2.33. The Labute approximate surface area is 150 Å². The topological polar surface area (TPSA) is 101 Å². The summed E-state index contributed by atoms with van der Waals surface area (Å²) in [6, 6.07) is 6.48. The number of carbonyl (C=O) groups excluding carboxylic acids is 3. The molecule has 23 heavy (non-hydrogen) atoms. The third-order valence-corrected chi connectivity index (χ3v) is 2.42. The summed E-state index contributed by atoms with van der Waals surface area (Å²) in [5.74, 6) is -0.738. The van der Waals surface area contributed by atoms with E-state index in [9.17, 15) is 14.4 Å². The molecule has 0 aliphatic carbocycles. The SMILES string of the molecule is CCOC(=O)c1ccc(C=O)[nH]1.CCOC(=O)c1ccc[nH]1.[I-]. The highest BCUT2D eigenvalue weighted by atomic mass is 127. The van der Waals surface area contributed by atoms with Crippen molar-refractivity contribution < 1.29 is 47.8 Å². The molecule has 0 bridgehead atoms. The van der Waals surface area contributed by atoms with Crippen molar-refractivity contribution in [2.45, 2.75) is 13.8 Å². The Morgan fingerprint density at radius 1 is 1.04 bits per heavy atom. The fraction of sp³-hybridized carbons (Fsp3) is 0.267. The smallest absolute Gasteiger partial charge is 0.354 e. The zero-order valence-corrected chi connectivity index (χ0v) is 15.0. The molecule has 0 unspecified atom stereocenters. The van der Waals surface area contributed by atoms with Crippen LogP contribution in [0.15, 0.2) is 30.5 Å². The molecule has 0 fully saturated rings. The highest BCUT2D eigenvalue weighted by molar-refractivity contribution is 5.89. The van der Waals surface area contributed by atoms with Gasteiger partial charge < -0.3 is 43.4 Å². The van der Waals surface area contributed by atoms with Crippen molar-refractivity contribution in [1.29, 1.82) is 0 Å². The maximum absolute atomic E-state index is 11.0. The van der Waals surface area contributed by atoms with Gasteiger partial charge in [-0.15, -0.1) is 0 Å². The summed E-state index contributed by atoms with van der Waals surface area (Å²) in [6.45, 7) is 4.24. The average Bonchev–Trinajstić information content (AvgIpc) is 3.20. The molecule has 2 rings (SSSR count). The predicted molar refractivity (Wildman–Crippen MR) is 78.9 cm³/mol. The number of esters is 2. The maximum atomic E-state index is 11.0. The van der Waals surface area contributed by atoms with Gasteiger partial charge in [0.25, 0.3) is 0 Å². The van der Waals surface area contributed by atoms with Crippen LogP contribution < -0.4 is 24.0 Å². The van der Waals surface area contributed by atoms with Gasteiger partial charge in [-0.2, -0.15) is 0 Å². The number of carbonyl (C=O) groups is 3. The van der Waals surface area contributed by atoms with Crippen LogP contribution in [0.1, 0.15) is 45.3 Å². The lowest BCUT2D eigenvalue weighted by Crippen LogP contribution is -3.00. The third kappa shape index (κ3) is 7.13. The first-order valence-corrected chi connectivity index (χ1v) is 6.74. The average molecular weight is 433 g/mol. The van der Waals surface area contributed by atoms with E-state index < -0.39 is 5.97 Å². The van der Waals surface area contributed by atoms with Crippen molar-refractivity contribution in [3.8, 4) is 0 Å². The molecule has 0 spiro atoms. The van der Waals surface area contributed by atoms with Crippen LogP contribution in [0.2, 0.25) is 0 Å². The van der Waals surface area contributed by atoms with E-state index in [-0.39, 0.29) is 29.9 Å². The number of hydrogen-bond acceptors (Lipinski definition) is 5. The molecule has 0 saturated heterocycles. The minimum absolute atomic E-state index is 0. The van der Waals surface area contributed by atoms with E-state index in [1.807, 2.05) is 0 Å². The van der Waals surface area contributed by atoms with Crippen LogP contribution in [-0.2, 0) is 9.47 Å². The Bertz CT molecular complexity index is 607. The van der Waals surface area contributed by atoms with Crippen molar-refractivity contribution in [3.05, 3.63) is 47.5 Å². The number of ether oxygens (including phenoxy) is 2. The van der Waals surface area contributed by atoms with E-state index in [1.54, 1.807) is 32.2 Å². The first-order valence-electron chi connectivity index (χ1n) is 6.74. The zero-order chi connectivity index (χ0) is 16.4. The second-order valence-electron chi connectivity index (χ2n) is 3.97. The lowest BCUT2D eigenvalue weighted by atomic mass is 10.4. The fourth-order valence-corrected chi connectivity index (χ4v) is 1.47. The number of aldehydes is 1. The van der Waals surface area contributed by atoms with Crippen LogP contribution in [0.3, 0.4) is 0 Å². The van der Waals surface area contributed by atoms with E-state index >= 15 is 0 Å². The predicted octanol–water partition coefficient (Wildman–Crippen LogP) is -0.801. The molecule has 126 valence electrons. The summed E-state index contributed by atoms with van der Waals surface area (Å²) in [7, 11) is 0. The summed E-state index contributed by atoms with van der Waals surface area (Å²) >= 11 is 0. The van der Waals surface area contributed by atoms with Gasteiger partial charge in [0.2, 0.25) is 0 Å². The molecule has 2 aromatic heterocycles. The Hall–Kier alpha value is -2.10. The van der Waals surface area contributed by atoms with Crippen molar-refractivity contribution >= 4 is 18.2 Å². The van der Waals surface area contributed by atoms with Gasteiger partial charge in [-0.05, 0) is 38.1 Å². The molecule has 0 amide bonds. The van der Waals surface area contributed by atoms with Gasteiger partial charge in [0, 0.05) is 6.20 Å². The Balaban J connectivity index is 0.000000409. The number of nitrogens with one attached hydrogen (secondary N) is 2. The Kier molecular flexibility index (Phi) is 10.4. The van der Waals surface area contributed by atoms with E-state index in [0.29, 0.717) is 36.6 Å². The molecule has 8 heteroatoms. The van der Waals surface area contributed by atoms with Gasteiger partial charge in [-0.1, -0.05) is 0 Å². The molecule has 0 aromatic carbocycles. The summed E-state index contributed by atoms with van der Waals surface area (Å²) in [4.78, 5) is 37.4. The summed E-state index contributed by atoms with van der Waals surface area (Å²) in [5, 5.41) is 0. The minimum atomic E-state index is -0.439. The molecule has 0 aliphatic heterocycles. The molecule has 0 radical (unpaired) electrons. The molecular weight excluding hydrogens is 415 g/mol. The first kappa shape index (κ1) is 20.9. The van der Waals surface area contributed by atoms with Gasteiger partial charge in [0.15, 0.2) is 6.29 Å². The quantitative estimate of drug-likeness (QED) is 0.366. The van der Waals surface area contributed by atoms with Crippen LogP contribution in [-0.4, -0.2) is 41.4 Å². The number of rotatable bonds is 5. The Morgan fingerprint density at radius 2 is 1.65 bits per heavy atom. The van der Waals surface area contributed by atoms with Gasteiger partial charge in [-0.3, -0.25) is 4.79 Å². The van der Waals surface area contributed by atoms with Crippen molar-refractivity contribution in [1.82, 2.24) is 9.97 Å². The highest BCUT2D eigenvalue weighted by Gasteiger charge is 2.07. The Morgan fingerprint density at radius 3 is 2.09 bits per heavy atom. The fourth-order valence-electron chi connectivity index (χ4n) is 1.47. The largest absolute Gasteiger partial charge is 1.00 e. The number of H-pyrrole nitrogens is 2. The molecule has 7 nitrogen and oxygen atoms in total. The number of aromatic amines is 2. The van der Waals surface area contributed by atoms with Crippen LogP contribution in [0.4, 0.5) is 0 Å². The molecule has 0 aliphatic rings. The molecule has 0 atom stereocenters. The molecule has 2 aromatic rings. The van der Waals surface area contributed by atoms with Crippen LogP contribution in [0.25, 0.3) is 0 Å². The van der Waals surface area contributed by atoms with E-state index in [0.717, 1.165) is 0 Å². The number of aromatic nitrogens is 2. The van der Waals surface area contributed by atoms with Gasteiger partial charge >= 0.3 is 11.9 Å². The van der Waals surface area contributed by atoms with E-state index in [1.165, 1.54) is 12.1 Å². The van der Waals surface area contributed by atoms with Crippen LogP contribution >= 0.6 is 0 Å². The normalized spacial score (nSPS) is 8.96. The van der Waals surface area contributed by atoms with Crippen LogP contribution in [0, 0.1) is 0 Å². The molecule has 2 N–H and O–H groups in total. The van der Waals surface area contributed by atoms with Crippen molar-refractivity contribution in [3.63, 3.8) is 0 Å². The third-order valence-electron chi connectivity index (χ3n) is 2.42. The number of hydrogen-bond donors (Lipinski definition) is 2. The molecular formula is C15H18IN2O5-. The second kappa shape index (κ2) is 11.5. The standard InChI is InChI=1S/C8H9NO3.C7H9NO2.HI/c1-2-12-8(11)7-4-3-6(5-10)9-7;1-2-10-7(9)6-4-3-5-8-6;/h3-5,9H,2H2,1H3;3-5,8H,2H2,1H3;1H/p-1. The number of halogens is 1. The van der Waals surface area contributed by atoms with E-state index in [2.05, 4.69) is 9.97 Å². The maximum Gasteiger partial charge on any atom is 0.354 e.